The Morgan fingerprint density at radius 2 is 2.11 bits per heavy atom. The van der Waals surface area contributed by atoms with Crippen LogP contribution in [0.5, 0.6) is 0 Å². The molecule has 0 aromatic heterocycles. The van der Waals surface area contributed by atoms with Gasteiger partial charge in [-0.2, -0.15) is 0 Å². The molecule has 2 atom stereocenters. The average molecular weight is 277 g/mol. The molecular formula is C13H27NO3S. The van der Waals surface area contributed by atoms with E-state index in [1.807, 2.05) is 0 Å². The molecule has 5 heteroatoms. The van der Waals surface area contributed by atoms with Crippen molar-refractivity contribution in [1.82, 2.24) is 5.32 Å². The van der Waals surface area contributed by atoms with Crippen LogP contribution >= 0.6 is 0 Å². The zero-order chi connectivity index (χ0) is 13.6. The summed E-state index contributed by atoms with van der Waals surface area (Å²) in [6.07, 6.45) is 2.81. The summed E-state index contributed by atoms with van der Waals surface area (Å²) in [4.78, 5) is 0. The first-order chi connectivity index (χ1) is 8.47. The summed E-state index contributed by atoms with van der Waals surface area (Å²) in [7, 11) is -2.92. The first kappa shape index (κ1) is 15.9. The SMILES string of the molecule is CCCNC1CCOCC1CCS(=O)(=O)C(C)C. The molecule has 0 saturated carbocycles. The highest BCUT2D eigenvalue weighted by Gasteiger charge is 2.27. The molecule has 0 amide bonds. The Morgan fingerprint density at radius 3 is 2.72 bits per heavy atom. The lowest BCUT2D eigenvalue weighted by Crippen LogP contribution is -2.43. The van der Waals surface area contributed by atoms with E-state index in [-0.39, 0.29) is 11.0 Å². The molecule has 0 aromatic rings. The Kier molecular flexibility index (Phi) is 6.60. The predicted octanol–water partition coefficient (Wildman–Crippen LogP) is 1.60. The van der Waals surface area contributed by atoms with Gasteiger partial charge in [-0.1, -0.05) is 6.92 Å². The molecule has 1 N–H and O–H groups in total. The normalized spacial score (nSPS) is 25.6. The molecule has 0 aliphatic carbocycles. The van der Waals surface area contributed by atoms with Gasteiger partial charge in [0.1, 0.15) is 0 Å². The fourth-order valence-electron chi connectivity index (χ4n) is 2.23. The molecule has 4 nitrogen and oxygen atoms in total. The summed E-state index contributed by atoms with van der Waals surface area (Å²) >= 11 is 0. The van der Waals surface area contributed by atoms with E-state index in [0.29, 0.717) is 25.0 Å². The van der Waals surface area contributed by atoms with Crippen LogP contribution in [0.4, 0.5) is 0 Å². The van der Waals surface area contributed by atoms with Crippen molar-refractivity contribution in [3.8, 4) is 0 Å². The Labute approximate surface area is 111 Å². The predicted molar refractivity (Wildman–Crippen MR) is 74.5 cm³/mol. The van der Waals surface area contributed by atoms with Crippen LogP contribution in [0.15, 0.2) is 0 Å². The molecule has 18 heavy (non-hydrogen) atoms. The minimum Gasteiger partial charge on any atom is -0.381 e. The zero-order valence-electron chi connectivity index (χ0n) is 11.8. The van der Waals surface area contributed by atoms with E-state index in [9.17, 15) is 8.42 Å². The van der Waals surface area contributed by atoms with Crippen LogP contribution < -0.4 is 5.32 Å². The highest BCUT2D eigenvalue weighted by atomic mass is 32.2. The monoisotopic (exact) mass is 277 g/mol. The summed E-state index contributed by atoms with van der Waals surface area (Å²) < 4.78 is 29.1. The number of ether oxygens (including phenoxy) is 1. The maximum absolute atomic E-state index is 11.8. The molecule has 1 heterocycles. The minimum atomic E-state index is -2.92. The summed E-state index contributed by atoms with van der Waals surface area (Å²) in [5.41, 5.74) is 0. The third kappa shape index (κ3) is 4.86. The van der Waals surface area contributed by atoms with E-state index in [4.69, 9.17) is 4.74 Å². The lowest BCUT2D eigenvalue weighted by molar-refractivity contribution is 0.0310. The molecule has 0 radical (unpaired) electrons. The Hall–Kier alpha value is -0.130. The number of hydrogen-bond acceptors (Lipinski definition) is 4. The second-order valence-electron chi connectivity index (χ2n) is 5.39. The lowest BCUT2D eigenvalue weighted by Gasteiger charge is -2.32. The number of nitrogens with one attached hydrogen (secondary N) is 1. The van der Waals surface area contributed by atoms with Crippen LogP contribution in [0.1, 0.15) is 40.0 Å². The maximum Gasteiger partial charge on any atom is 0.152 e. The molecule has 0 aromatic carbocycles. The molecule has 2 unspecified atom stereocenters. The molecular weight excluding hydrogens is 250 g/mol. The van der Waals surface area contributed by atoms with Crippen LogP contribution in [0.25, 0.3) is 0 Å². The Balaban J connectivity index is 2.47. The third-order valence-corrected chi connectivity index (χ3v) is 5.86. The summed E-state index contributed by atoms with van der Waals surface area (Å²) in [5.74, 6) is 0.613. The van der Waals surface area contributed by atoms with E-state index < -0.39 is 9.84 Å². The number of sulfone groups is 1. The Morgan fingerprint density at radius 1 is 1.39 bits per heavy atom. The molecule has 1 rings (SSSR count). The van der Waals surface area contributed by atoms with Crippen LogP contribution in [0.3, 0.4) is 0 Å². The number of hydrogen-bond donors (Lipinski definition) is 1. The minimum absolute atomic E-state index is 0.274. The second-order valence-corrected chi connectivity index (χ2v) is 8.07. The highest BCUT2D eigenvalue weighted by molar-refractivity contribution is 7.91. The molecule has 0 bridgehead atoms. The van der Waals surface area contributed by atoms with Gasteiger partial charge in [-0.05, 0) is 45.6 Å². The van der Waals surface area contributed by atoms with Crippen molar-refractivity contribution in [2.24, 2.45) is 5.92 Å². The van der Waals surface area contributed by atoms with Gasteiger partial charge in [-0.25, -0.2) is 8.42 Å². The standard InChI is InChI=1S/C13H27NO3S/c1-4-7-14-13-5-8-17-10-12(13)6-9-18(15,16)11(2)3/h11-14H,4-10H2,1-3H3. The fourth-order valence-corrected chi connectivity index (χ4v) is 3.33. The van der Waals surface area contributed by atoms with Crippen molar-refractivity contribution in [1.29, 1.82) is 0 Å². The van der Waals surface area contributed by atoms with Gasteiger partial charge in [0.2, 0.25) is 0 Å². The van der Waals surface area contributed by atoms with Crippen molar-refractivity contribution in [2.45, 2.75) is 51.3 Å². The summed E-state index contributed by atoms with van der Waals surface area (Å²) in [5, 5.41) is 3.24. The van der Waals surface area contributed by atoms with Gasteiger partial charge in [0.05, 0.1) is 17.6 Å². The topological polar surface area (TPSA) is 55.4 Å². The smallest absolute Gasteiger partial charge is 0.152 e. The van der Waals surface area contributed by atoms with Gasteiger partial charge in [0.25, 0.3) is 0 Å². The van der Waals surface area contributed by atoms with Gasteiger partial charge in [-0.15, -0.1) is 0 Å². The van der Waals surface area contributed by atoms with Gasteiger partial charge in [0.15, 0.2) is 9.84 Å². The van der Waals surface area contributed by atoms with Crippen LogP contribution in [-0.2, 0) is 14.6 Å². The van der Waals surface area contributed by atoms with E-state index in [1.165, 1.54) is 0 Å². The molecule has 1 fully saturated rings. The molecule has 1 saturated heterocycles. The zero-order valence-corrected chi connectivity index (χ0v) is 12.6. The van der Waals surface area contributed by atoms with Gasteiger partial charge in [0, 0.05) is 12.6 Å². The van der Waals surface area contributed by atoms with Crippen molar-refractivity contribution in [3.63, 3.8) is 0 Å². The molecule has 1 aliphatic heterocycles. The highest BCUT2D eigenvalue weighted by Crippen LogP contribution is 2.20. The second kappa shape index (κ2) is 7.46. The molecule has 108 valence electrons. The third-order valence-electron chi connectivity index (χ3n) is 3.62. The van der Waals surface area contributed by atoms with Crippen LogP contribution in [0.2, 0.25) is 0 Å². The van der Waals surface area contributed by atoms with Crippen molar-refractivity contribution in [2.75, 3.05) is 25.5 Å². The lowest BCUT2D eigenvalue weighted by atomic mass is 9.93. The van der Waals surface area contributed by atoms with Gasteiger partial charge < -0.3 is 10.1 Å². The van der Waals surface area contributed by atoms with Crippen molar-refractivity contribution < 1.29 is 13.2 Å². The maximum atomic E-state index is 11.8. The van der Waals surface area contributed by atoms with E-state index >= 15 is 0 Å². The van der Waals surface area contributed by atoms with Crippen LogP contribution in [-0.4, -0.2) is 45.2 Å². The summed E-state index contributed by atoms with van der Waals surface area (Å²) in [6, 6.07) is 0.418. The molecule has 0 spiro atoms. The first-order valence-corrected chi connectivity index (χ1v) is 8.71. The van der Waals surface area contributed by atoms with Crippen molar-refractivity contribution in [3.05, 3.63) is 0 Å². The quantitative estimate of drug-likeness (QED) is 0.768. The number of rotatable bonds is 7. The largest absolute Gasteiger partial charge is 0.381 e. The first-order valence-electron chi connectivity index (χ1n) is 7.00. The van der Waals surface area contributed by atoms with E-state index in [0.717, 1.165) is 26.0 Å². The average Bonchev–Trinajstić information content (AvgIpc) is 2.34. The molecule has 1 aliphatic rings. The fraction of sp³-hybridized carbons (Fsp3) is 1.00. The van der Waals surface area contributed by atoms with E-state index in [2.05, 4.69) is 12.2 Å². The van der Waals surface area contributed by atoms with Gasteiger partial charge >= 0.3 is 0 Å². The van der Waals surface area contributed by atoms with Crippen LogP contribution in [0, 0.1) is 5.92 Å². The van der Waals surface area contributed by atoms with E-state index in [1.54, 1.807) is 13.8 Å². The van der Waals surface area contributed by atoms with Crippen molar-refractivity contribution >= 4 is 9.84 Å². The Bertz CT molecular complexity index is 327. The summed E-state index contributed by atoms with van der Waals surface area (Å²) in [6.45, 7) is 8.12. The van der Waals surface area contributed by atoms with Gasteiger partial charge in [-0.3, -0.25) is 0 Å².